The van der Waals surface area contributed by atoms with Crippen molar-refractivity contribution in [3.05, 3.63) is 0 Å². The van der Waals surface area contributed by atoms with Gasteiger partial charge in [0, 0.05) is 12.3 Å². The Hall–Kier alpha value is -0.330. The first-order chi connectivity index (χ1) is 5.34. The molecule has 4 rings (SSSR count). The van der Waals surface area contributed by atoms with Crippen LogP contribution in [0.15, 0.2) is 0 Å². The Morgan fingerprint density at radius 2 is 1.82 bits per heavy atom. The van der Waals surface area contributed by atoms with Gasteiger partial charge in [-0.3, -0.25) is 4.79 Å². The Balaban J connectivity index is 2.00. The third-order valence-corrected chi connectivity index (χ3v) is 4.18. The fourth-order valence-corrected chi connectivity index (χ4v) is 3.66. The first-order valence-corrected chi connectivity index (χ1v) is 4.87. The lowest BCUT2D eigenvalue weighted by atomic mass is 9.84. The number of carbonyl (C=O) groups excluding carboxylic acids is 1. The molecule has 11 heavy (non-hydrogen) atoms. The summed E-state index contributed by atoms with van der Waals surface area (Å²) in [6.45, 7) is 0. The maximum Gasteiger partial charge on any atom is 0.136 e. The Bertz CT molecular complexity index is 209. The molecule has 1 heteroatoms. The van der Waals surface area contributed by atoms with Crippen LogP contribution >= 0.6 is 0 Å². The largest absolute Gasteiger partial charge is 0.299 e. The van der Waals surface area contributed by atoms with Crippen LogP contribution in [0.25, 0.3) is 0 Å². The van der Waals surface area contributed by atoms with E-state index in [0.29, 0.717) is 11.7 Å². The van der Waals surface area contributed by atoms with Crippen LogP contribution in [-0.4, -0.2) is 5.78 Å². The van der Waals surface area contributed by atoms with Gasteiger partial charge in [-0.05, 0) is 43.4 Å². The number of rotatable bonds is 0. The molecule has 0 aromatic rings. The van der Waals surface area contributed by atoms with Crippen molar-refractivity contribution in [2.24, 2.45) is 23.7 Å². The van der Waals surface area contributed by atoms with Crippen molar-refractivity contribution in [1.82, 2.24) is 0 Å². The van der Waals surface area contributed by atoms with Crippen molar-refractivity contribution >= 4 is 5.78 Å². The van der Waals surface area contributed by atoms with Crippen LogP contribution in [0.1, 0.15) is 32.1 Å². The molecular weight excluding hydrogens is 136 g/mol. The Kier molecular flexibility index (Phi) is 1.06. The summed E-state index contributed by atoms with van der Waals surface area (Å²) >= 11 is 0. The quantitative estimate of drug-likeness (QED) is 0.516. The third-order valence-electron chi connectivity index (χ3n) is 4.18. The van der Waals surface area contributed by atoms with E-state index in [4.69, 9.17) is 0 Å². The predicted molar refractivity (Wildman–Crippen MR) is 42.1 cm³/mol. The van der Waals surface area contributed by atoms with Crippen LogP contribution < -0.4 is 0 Å². The first kappa shape index (κ1) is 6.22. The zero-order valence-electron chi connectivity index (χ0n) is 6.75. The van der Waals surface area contributed by atoms with Crippen molar-refractivity contribution in [2.75, 3.05) is 0 Å². The molecule has 0 radical (unpaired) electrons. The summed E-state index contributed by atoms with van der Waals surface area (Å²) in [5.41, 5.74) is 0. The minimum atomic E-state index is 0.513. The lowest BCUT2D eigenvalue weighted by molar-refractivity contribution is -0.123. The molecule has 0 spiro atoms. The average Bonchev–Trinajstić information content (AvgIpc) is 2.50. The number of ketones is 1. The van der Waals surface area contributed by atoms with Crippen LogP contribution in [0, 0.1) is 23.7 Å². The van der Waals surface area contributed by atoms with E-state index >= 15 is 0 Å². The highest BCUT2D eigenvalue weighted by Gasteiger charge is 2.50. The number of carbonyl (C=O) groups is 1. The molecule has 4 saturated carbocycles. The number of hydrogen-bond acceptors (Lipinski definition) is 1. The van der Waals surface area contributed by atoms with Gasteiger partial charge in [0.1, 0.15) is 5.78 Å². The van der Waals surface area contributed by atoms with E-state index in [0.717, 1.165) is 24.2 Å². The highest BCUT2D eigenvalue weighted by atomic mass is 16.1. The van der Waals surface area contributed by atoms with Gasteiger partial charge in [-0.2, -0.15) is 0 Å². The molecule has 0 aliphatic heterocycles. The Labute approximate surface area is 67.2 Å². The Morgan fingerprint density at radius 3 is 2.55 bits per heavy atom. The van der Waals surface area contributed by atoms with Crippen LogP contribution in [0.5, 0.6) is 0 Å². The maximum atomic E-state index is 11.5. The topological polar surface area (TPSA) is 17.1 Å². The van der Waals surface area contributed by atoms with Crippen molar-refractivity contribution in [3.63, 3.8) is 0 Å². The van der Waals surface area contributed by atoms with Crippen molar-refractivity contribution < 1.29 is 4.79 Å². The van der Waals surface area contributed by atoms with E-state index in [-0.39, 0.29) is 0 Å². The molecule has 4 fully saturated rings. The molecule has 4 aliphatic carbocycles. The van der Waals surface area contributed by atoms with Gasteiger partial charge in [0.05, 0.1) is 0 Å². The van der Waals surface area contributed by atoms with Gasteiger partial charge in [-0.15, -0.1) is 0 Å². The first-order valence-electron chi connectivity index (χ1n) is 4.87. The minimum Gasteiger partial charge on any atom is -0.299 e. The Morgan fingerprint density at radius 1 is 1.00 bits per heavy atom. The average molecular weight is 150 g/mol. The second-order valence-corrected chi connectivity index (χ2v) is 4.60. The molecule has 0 aromatic heterocycles. The molecule has 0 saturated heterocycles. The number of Topliss-reactive ketones (excluding diaryl/α,β-unsaturated/α-hetero) is 1. The van der Waals surface area contributed by atoms with E-state index in [1.165, 1.54) is 25.7 Å². The summed E-state index contributed by atoms with van der Waals surface area (Å²) in [7, 11) is 0. The number of fused-ring (bicyclic) bond motifs is 2. The van der Waals surface area contributed by atoms with Crippen LogP contribution in [0.3, 0.4) is 0 Å². The fourth-order valence-electron chi connectivity index (χ4n) is 3.66. The van der Waals surface area contributed by atoms with Gasteiger partial charge < -0.3 is 0 Å². The van der Waals surface area contributed by atoms with Crippen LogP contribution in [-0.2, 0) is 4.79 Å². The molecular formula is C10H14O. The lowest BCUT2D eigenvalue weighted by Crippen LogP contribution is -2.18. The van der Waals surface area contributed by atoms with Crippen molar-refractivity contribution in [3.8, 4) is 0 Å². The normalized spacial score (nSPS) is 53.6. The van der Waals surface area contributed by atoms with E-state index in [1.807, 2.05) is 0 Å². The van der Waals surface area contributed by atoms with E-state index < -0.39 is 0 Å². The molecule has 1 nitrogen and oxygen atoms in total. The highest BCUT2D eigenvalue weighted by molar-refractivity contribution is 5.82. The molecule has 0 heterocycles. The van der Waals surface area contributed by atoms with Crippen LogP contribution in [0.2, 0.25) is 0 Å². The van der Waals surface area contributed by atoms with Crippen molar-refractivity contribution in [1.29, 1.82) is 0 Å². The maximum absolute atomic E-state index is 11.5. The summed E-state index contributed by atoms with van der Waals surface area (Å²) in [5, 5.41) is 0. The molecule has 4 unspecified atom stereocenters. The third kappa shape index (κ3) is 0.692. The minimum absolute atomic E-state index is 0.513. The van der Waals surface area contributed by atoms with E-state index in [1.54, 1.807) is 0 Å². The molecule has 0 N–H and O–H groups in total. The van der Waals surface area contributed by atoms with Gasteiger partial charge in [0.25, 0.3) is 0 Å². The molecule has 60 valence electrons. The van der Waals surface area contributed by atoms with E-state index in [9.17, 15) is 4.79 Å². The van der Waals surface area contributed by atoms with Gasteiger partial charge in [0.15, 0.2) is 0 Å². The molecule has 4 bridgehead atoms. The van der Waals surface area contributed by atoms with E-state index in [2.05, 4.69) is 0 Å². The summed E-state index contributed by atoms with van der Waals surface area (Å²) < 4.78 is 0. The molecule has 0 aromatic carbocycles. The predicted octanol–water partition coefficient (Wildman–Crippen LogP) is 2.01. The zero-order chi connectivity index (χ0) is 7.42. The van der Waals surface area contributed by atoms with Gasteiger partial charge in [0.2, 0.25) is 0 Å². The molecule has 4 atom stereocenters. The number of hydrogen-bond donors (Lipinski definition) is 0. The standard InChI is InChI=1S/C10H14O/c11-10-2-1-6-3-8-4-7(6)5-9(8)10/h6-9H,1-5H2. The summed E-state index contributed by atoms with van der Waals surface area (Å²) in [6.07, 6.45) is 6.16. The van der Waals surface area contributed by atoms with Crippen molar-refractivity contribution in [2.45, 2.75) is 32.1 Å². The van der Waals surface area contributed by atoms with Gasteiger partial charge >= 0.3 is 0 Å². The monoisotopic (exact) mass is 150 g/mol. The van der Waals surface area contributed by atoms with Crippen LogP contribution in [0.4, 0.5) is 0 Å². The summed E-state index contributed by atoms with van der Waals surface area (Å²) in [5.74, 6) is 3.83. The van der Waals surface area contributed by atoms with Gasteiger partial charge in [-0.25, -0.2) is 0 Å². The SMILES string of the molecule is O=C1CCC2CC3CC2CC13. The lowest BCUT2D eigenvalue weighted by Gasteiger charge is -2.20. The fraction of sp³-hybridized carbons (Fsp3) is 0.900. The second-order valence-electron chi connectivity index (χ2n) is 4.60. The molecule has 4 aliphatic rings. The summed E-state index contributed by atoms with van der Waals surface area (Å²) in [6, 6.07) is 0. The molecule has 0 amide bonds. The van der Waals surface area contributed by atoms with Gasteiger partial charge in [-0.1, -0.05) is 0 Å². The smallest absolute Gasteiger partial charge is 0.136 e. The zero-order valence-corrected chi connectivity index (χ0v) is 6.75. The highest BCUT2D eigenvalue weighted by Crippen LogP contribution is 2.56. The second kappa shape index (κ2) is 1.88. The summed E-state index contributed by atoms with van der Waals surface area (Å²) in [4.78, 5) is 11.5.